The number of esters is 1. The lowest BCUT2D eigenvalue weighted by atomic mass is 10.0. The standard InChI is InChI=1S/C27H40O5/c1-7-10-11-12-13-15-23(28)32-25-22-18-20(14-8-2)16-17-21(22)24(31-19(4)9-3)26(29-5)27(25)30-6/h16-19H,7-15H2,1-6H3. The van der Waals surface area contributed by atoms with Crippen LogP contribution in [0.1, 0.15) is 84.6 Å². The fraction of sp³-hybridized carbons (Fsp3) is 0.593. The Hall–Kier alpha value is -2.43. The smallest absolute Gasteiger partial charge is 0.311 e. The highest BCUT2D eigenvalue weighted by atomic mass is 16.6. The van der Waals surface area contributed by atoms with E-state index in [9.17, 15) is 4.79 Å². The van der Waals surface area contributed by atoms with Crippen LogP contribution in [0.25, 0.3) is 10.8 Å². The van der Waals surface area contributed by atoms with Gasteiger partial charge in [-0.1, -0.05) is 65.0 Å². The predicted octanol–water partition coefficient (Wildman–Crippen LogP) is 7.25. The van der Waals surface area contributed by atoms with Gasteiger partial charge in [-0.3, -0.25) is 4.79 Å². The zero-order valence-electron chi connectivity index (χ0n) is 20.7. The number of aryl methyl sites for hydroxylation is 1. The Labute approximate surface area is 193 Å². The number of fused-ring (bicyclic) bond motifs is 1. The third-order valence-electron chi connectivity index (χ3n) is 5.73. The SMILES string of the molecule is CCCCCCCC(=O)Oc1c(OC)c(OC)c(OC(C)CC)c2ccc(CCC)cc12. The van der Waals surface area contributed by atoms with E-state index in [1.807, 2.05) is 13.0 Å². The Morgan fingerprint density at radius 1 is 0.844 bits per heavy atom. The zero-order valence-corrected chi connectivity index (χ0v) is 20.7. The number of hydrogen-bond acceptors (Lipinski definition) is 5. The van der Waals surface area contributed by atoms with Crippen LogP contribution in [0.4, 0.5) is 0 Å². The Kier molecular flexibility index (Phi) is 10.6. The van der Waals surface area contributed by atoms with Gasteiger partial charge in [-0.05, 0) is 37.8 Å². The highest BCUT2D eigenvalue weighted by Gasteiger charge is 2.26. The zero-order chi connectivity index (χ0) is 23.5. The number of carbonyl (C=O) groups is 1. The molecule has 0 bridgehead atoms. The molecule has 0 aromatic heterocycles. The van der Waals surface area contributed by atoms with Gasteiger partial charge in [0.25, 0.3) is 0 Å². The van der Waals surface area contributed by atoms with E-state index in [1.165, 1.54) is 18.4 Å². The van der Waals surface area contributed by atoms with E-state index in [0.717, 1.165) is 49.3 Å². The lowest BCUT2D eigenvalue weighted by Crippen LogP contribution is -2.13. The molecule has 0 aliphatic rings. The molecule has 0 N–H and O–H groups in total. The minimum atomic E-state index is -0.250. The summed E-state index contributed by atoms with van der Waals surface area (Å²) in [4.78, 5) is 12.7. The first-order valence-corrected chi connectivity index (χ1v) is 12.1. The predicted molar refractivity (Wildman–Crippen MR) is 130 cm³/mol. The normalized spacial score (nSPS) is 11.9. The maximum Gasteiger partial charge on any atom is 0.311 e. The number of benzene rings is 2. The van der Waals surface area contributed by atoms with E-state index in [4.69, 9.17) is 18.9 Å². The van der Waals surface area contributed by atoms with E-state index < -0.39 is 0 Å². The van der Waals surface area contributed by atoms with Gasteiger partial charge in [0.15, 0.2) is 11.5 Å². The molecule has 0 heterocycles. The van der Waals surface area contributed by atoms with E-state index in [2.05, 4.69) is 32.9 Å². The molecule has 2 rings (SSSR count). The molecule has 0 radical (unpaired) electrons. The quantitative estimate of drug-likeness (QED) is 0.174. The van der Waals surface area contributed by atoms with Crippen LogP contribution in [0.3, 0.4) is 0 Å². The molecular formula is C27H40O5. The molecule has 2 aromatic rings. The van der Waals surface area contributed by atoms with E-state index in [1.54, 1.807) is 14.2 Å². The minimum Gasteiger partial charge on any atom is -0.490 e. The summed E-state index contributed by atoms with van der Waals surface area (Å²) in [6, 6.07) is 6.21. The van der Waals surface area contributed by atoms with Crippen molar-refractivity contribution in [3.8, 4) is 23.0 Å². The Balaban J connectivity index is 2.52. The number of carbonyl (C=O) groups excluding carboxylic acids is 1. The van der Waals surface area contributed by atoms with Crippen molar-refractivity contribution in [3.05, 3.63) is 23.8 Å². The van der Waals surface area contributed by atoms with Crippen molar-refractivity contribution in [3.63, 3.8) is 0 Å². The first-order chi connectivity index (χ1) is 15.5. The summed E-state index contributed by atoms with van der Waals surface area (Å²) in [5.41, 5.74) is 1.18. The number of ether oxygens (including phenoxy) is 4. The average Bonchev–Trinajstić information content (AvgIpc) is 2.80. The van der Waals surface area contributed by atoms with Gasteiger partial charge in [-0.25, -0.2) is 0 Å². The highest BCUT2D eigenvalue weighted by Crippen LogP contribution is 2.51. The molecule has 32 heavy (non-hydrogen) atoms. The first-order valence-electron chi connectivity index (χ1n) is 12.1. The van der Waals surface area contributed by atoms with Gasteiger partial charge in [-0.15, -0.1) is 0 Å². The van der Waals surface area contributed by atoms with Crippen LogP contribution in [0.5, 0.6) is 23.0 Å². The molecule has 0 fully saturated rings. The summed E-state index contributed by atoms with van der Waals surface area (Å²) in [5, 5.41) is 1.67. The molecule has 5 heteroatoms. The van der Waals surface area contributed by atoms with Crippen molar-refractivity contribution in [1.29, 1.82) is 0 Å². The summed E-state index contributed by atoms with van der Waals surface area (Å²) in [6.45, 7) is 8.43. The Bertz CT molecular complexity index is 874. The molecule has 0 amide bonds. The molecular weight excluding hydrogens is 404 g/mol. The topological polar surface area (TPSA) is 54.0 Å². The number of methoxy groups -OCH3 is 2. The number of rotatable bonds is 14. The lowest BCUT2D eigenvalue weighted by molar-refractivity contribution is -0.134. The van der Waals surface area contributed by atoms with E-state index in [0.29, 0.717) is 29.4 Å². The molecule has 0 spiro atoms. The highest BCUT2D eigenvalue weighted by molar-refractivity contribution is 6.00. The summed E-state index contributed by atoms with van der Waals surface area (Å²) in [7, 11) is 3.15. The van der Waals surface area contributed by atoms with Gasteiger partial charge in [0.2, 0.25) is 11.5 Å². The van der Waals surface area contributed by atoms with Crippen LogP contribution < -0.4 is 18.9 Å². The maximum atomic E-state index is 12.7. The summed E-state index contributed by atoms with van der Waals surface area (Å²) < 4.78 is 23.6. The third-order valence-corrected chi connectivity index (χ3v) is 5.73. The van der Waals surface area contributed by atoms with Crippen LogP contribution in [0, 0.1) is 0 Å². The Morgan fingerprint density at radius 3 is 2.16 bits per heavy atom. The fourth-order valence-electron chi connectivity index (χ4n) is 3.78. The van der Waals surface area contributed by atoms with E-state index in [-0.39, 0.29) is 12.1 Å². The molecule has 0 aliphatic carbocycles. The largest absolute Gasteiger partial charge is 0.490 e. The van der Waals surface area contributed by atoms with Gasteiger partial charge in [0.05, 0.1) is 20.3 Å². The molecule has 0 saturated carbocycles. The number of hydrogen-bond donors (Lipinski definition) is 0. The molecule has 5 nitrogen and oxygen atoms in total. The maximum absolute atomic E-state index is 12.7. The van der Waals surface area contributed by atoms with Gasteiger partial charge >= 0.3 is 5.97 Å². The first kappa shape index (κ1) is 25.8. The van der Waals surface area contributed by atoms with Gasteiger partial charge < -0.3 is 18.9 Å². The fourth-order valence-corrected chi connectivity index (χ4v) is 3.78. The molecule has 0 saturated heterocycles. The van der Waals surface area contributed by atoms with Crippen LogP contribution in [0.15, 0.2) is 18.2 Å². The van der Waals surface area contributed by atoms with E-state index >= 15 is 0 Å². The van der Waals surface area contributed by atoms with Crippen molar-refractivity contribution < 1.29 is 23.7 Å². The lowest BCUT2D eigenvalue weighted by Gasteiger charge is -2.22. The third kappa shape index (κ3) is 6.54. The molecule has 2 aromatic carbocycles. The summed E-state index contributed by atoms with van der Waals surface area (Å²) >= 11 is 0. The van der Waals surface area contributed by atoms with Crippen LogP contribution >= 0.6 is 0 Å². The van der Waals surface area contributed by atoms with Gasteiger partial charge in [0, 0.05) is 17.2 Å². The average molecular weight is 445 g/mol. The van der Waals surface area contributed by atoms with Gasteiger partial charge in [0.1, 0.15) is 0 Å². The van der Waals surface area contributed by atoms with Crippen LogP contribution in [-0.2, 0) is 11.2 Å². The van der Waals surface area contributed by atoms with Crippen molar-refractivity contribution >= 4 is 16.7 Å². The van der Waals surface area contributed by atoms with Crippen LogP contribution in [-0.4, -0.2) is 26.3 Å². The molecule has 178 valence electrons. The Morgan fingerprint density at radius 2 is 1.53 bits per heavy atom. The monoisotopic (exact) mass is 444 g/mol. The van der Waals surface area contributed by atoms with Crippen molar-refractivity contribution in [1.82, 2.24) is 0 Å². The molecule has 0 aliphatic heterocycles. The second kappa shape index (κ2) is 13.2. The van der Waals surface area contributed by atoms with Crippen molar-refractivity contribution in [2.75, 3.05) is 14.2 Å². The summed E-state index contributed by atoms with van der Waals surface area (Å²) in [6.07, 6.45) is 8.60. The van der Waals surface area contributed by atoms with Gasteiger partial charge in [-0.2, -0.15) is 0 Å². The second-order valence-electron chi connectivity index (χ2n) is 8.33. The van der Waals surface area contributed by atoms with Crippen molar-refractivity contribution in [2.45, 2.75) is 91.6 Å². The molecule has 1 unspecified atom stereocenters. The summed E-state index contributed by atoms with van der Waals surface area (Å²) in [5.74, 6) is 1.63. The van der Waals surface area contributed by atoms with Crippen molar-refractivity contribution in [2.24, 2.45) is 0 Å². The number of unbranched alkanes of at least 4 members (excludes halogenated alkanes) is 4. The minimum absolute atomic E-state index is 0.00338. The molecule has 1 atom stereocenters. The second-order valence-corrected chi connectivity index (χ2v) is 8.33. The van der Waals surface area contributed by atoms with Crippen LogP contribution in [0.2, 0.25) is 0 Å².